The molecule has 1 N–H and O–H groups in total. The quantitative estimate of drug-likeness (QED) is 0.576. The first kappa shape index (κ1) is 26.6. The molecule has 8 nitrogen and oxygen atoms in total. The monoisotopic (exact) mass is 528 g/mol. The van der Waals surface area contributed by atoms with Crippen LogP contribution in [-0.4, -0.2) is 78.5 Å². The largest absolute Gasteiger partial charge is 0.463 e. The zero-order valence-electron chi connectivity index (χ0n) is 21.0. The first-order valence-electron chi connectivity index (χ1n) is 12.2. The molecule has 4 rings (SSSR count). The van der Waals surface area contributed by atoms with Crippen molar-refractivity contribution in [3.63, 3.8) is 0 Å². The highest BCUT2D eigenvalue weighted by Crippen LogP contribution is 2.33. The van der Waals surface area contributed by atoms with Gasteiger partial charge in [0.05, 0.1) is 28.8 Å². The second-order valence-corrected chi connectivity index (χ2v) is 9.51. The molecular formula is C27H30ClFN4O4. The van der Waals surface area contributed by atoms with Crippen LogP contribution in [0.4, 0.5) is 9.18 Å². The van der Waals surface area contributed by atoms with Crippen molar-refractivity contribution >= 4 is 29.5 Å². The molecule has 2 aromatic carbocycles. The Balaban J connectivity index is 1.62. The molecule has 196 valence electrons. The summed E-state index contributed by atoms with van der Waals surface area (Å²) in [6.07, 6.45) is 0. The fraction of sp³-hybridized carbons (Fsp3) is 0.370. The average molecular weight is 529 g/mol. The molecule has 0 unspecified atom stereocenters. The maximum absolute atomic E-state index is 14.7. The molecule has 2 aliphatic rings. The number of ether oxygens (including phenoxy) is 1. The first-order chi connectivity index (χ1) is 17.7. The van der Waals surface area contributed by atoms with Gasteiger partial charge in [-0.3, -0.25) is 14.6 Å². The van der Waals surface area contributed by atoms with E-state index in [0.29, 0.717) is 35.9 Å². The Morgan fingerprint density at radius 2 is 1.84 bits per heavy atom. The third-order valence-electron chi connectivity index (χ3n) is 6.74. The van der Waals surface area contributed by atoms with Gasteiger partial charge in [-0.1, -0.05) is 41.9 Å². The highest BCUT2D eigenvalue weighted by molar-refractivity contribution is 6.33. The summed E-state index contributed by atoms with van der Waals surface area (Å²) in [7, 11) is 1.57. The number of esters is 1. The van der Waals surface area contributed by atoms with Crippen molar-refractivity contribution in [2.75, 3.05) is 39.8 Å². The van der Waals surface area contributed by atoms with Gasteiger partial charge in [-0.15, -0.1) is 0 Å². The van der Waals surface area contributed by atoms with Gasteiger partial charge in [-0.25, -0.2) is 14.0 Å². The number of nitrogens with zero attached hydrogens (tertiary/aromatic N) is 3. The summed E-state index contributed by atoms with van der Waals surface area (Å²) in [5.74, 6) is -1.28. The molecular weight excluding hydrogens is 499 g/mol. The molecule has 0 aromatic heterocycles. The molecule has 1 fully saturated rings. The SMILES string of the molecule is CCOC(=O)C1=C(CN2CCN(C(=O)c3ccccc3Cl)[C@H](C)C2)N(C)C(=O)N[C@H]1c1ccccc1F. The minimum atomic E-state index is -0.987. The maximum atomic E-state index is 14.7. The number of rotatable bonds is 6. The Bertz CT molecular complexity index is 1240. The molecule has 1 saturated heterocycles. The molecule has 0 aliphatic carbocycles. The molecule has 2 atom stereocenters. The molecule has 10 heteroatoms. The van der Waals surface area contributed by atoms with Crippen LogP contribution in [0, 0.1) is 5.82 Å². The van der Waals surface area contributed by atoms with E-state index in [0.717, 1.165) is 0 Å². The van der Waals surface area contributed by atoms with E-state index in [9.17, 15) is 18.8 Å². The van der Waals surface area contributed by atoms with E-state index in [1.165, 1.54) is 11.0 Å². The van der Waals surface area contributed by atoms with Crippen molar-refractivity contribution in [1.82, 2.24) is 20.0 Å². The zero-order chi connectivity index (χ0) is 26.7. The number of urea groups is 1. The summed E-state index contributed by atoms with van der Waals surface area (Å²) >= 11 is 6.24. The Morgan fingerprint density at radius 1 is 1.14 bits per heavy atom. The predicted octanol–water partition coefficient (Wildman–Crippen LogP) is 3.84. The molecule has 2 heterocycles. The van der Waals surface area contributed by atoms with Gasteiger partial charge < -0.3 is 15.0 Å². The van der Waals surface area contributed by atoms with Crippen LogP contribution in [-0.2, 0) is 9.53 Å². The number of benzene rings is 2. The zero-order valence-corrected chi connectivity index (χ0v) is 21.8. The number of halogens is 2. The van der Waals surface area contributed by atoms with Gasteiger partial charge in [0.1, 0.15) is 5.82 Å². The number of carbonyl (C=O) groups excluding carboxylic acids is 3. The smallest absolute Gasteiger partial charge is 0.338 e. The van der Waals surface area contributed by atoms with E-state index in [2.05, 4.69) is 10.2 Å². The topological polar surface area (TPSA) is 82.2 Å². The molecule has 2 aliphatic heterocycles. The second-order valence-electron chi connectivity index (χ2n) is 9.11. The van der Waals surface area contributed by atoms with Crippen molar-refractivity contribution in [3.8, 4) is 0 Å². The number of piperazine rings is 1. The van der Waals surface area contributed by atoms with Gasteiger partial charge in [0.25, 0.3) is 5.91 Å². The number of nitrogens with one attached hydrogen (secondary N) is 1. The maximum Gasteiger partial charge on any atom is 0.338 e. The summed E-state index contributed by atoms with van der Waals surface area (Å²) in [6, 6.07) is 11.4. The summed E-state index contributed by atoms with van der Waals surface area (Å²) in [5.41, 5.74) is 1.27. The number of hydrogen-bond donors (Lipinski definition) is 1. The fourth-order valence-corrected chi connectivity index (χ4v) is 5.04. The van der Waals surface area contributed by atoms with Crippen molar-refractivity contribution in [2.45, 2.75) is 25.9 Å². The van der Waals surface area contributed by atoms with Gasteiger partial charge in [0.15, 0.2) is 0 Å². The van der Waals surface area contributed by atoms with Gasteiger partial charge in [-0.2, -0.15) is 0 Å². The number of hydrogen-bond acceptors (Lipinski definition) is 5. The van der Waals surface area contributed by atoms with Gasteiger partial charge in [0.2, 0.25) is 0 Å². The molecule has 37 heavy (non-hydrogen) atoms. The van der Waals surface area contributed by atoms with E-state index in [-0.39, 0.29) is 36.2 Å². The van der Waals surface area contributed by atoms with Crippen LogP contribution in [0.5, 0.6) is 0 Å². The molecule has 2 aromatic rings. The molecule has 0 radical (unpaired) electrons. The van der Waals surface area contributed by atoms with Crippen molar-refractivity contribution < 1.29 is 23.5 Å². The summed E-state index contributed by atoms with van der Waals surface area (Å²) in [4.78, 5) is 44.4. The predicted molar refractivity (Wildman–Crippen MR) is 137 cm³/mol. The van der Waals surface area contributed by atoms with E-state index in [4.69, 9.17) is 16.3 Å². The third kappa shape index (κ3) is 5.47. The van der Waals surface area contributed by atoms with Crippen molar-refractivity contribution in [1.29, 1.82) is 0 Å². The van der Waals surface area contributed by atoms with E-state index >= 15 is 0 Å². The van der Waals surface area contributed by atoms with Gasteiger partial charge in [0, 0.05) is 50.5 Å². The Kier molecular flexibility index (Phi) is 8.14. The van der Waals surface area contributed by atoms with Gasteiger partial charge in [-0.05, 0) is 32.0 Å². The van der Waals surface area contributed by atoms with E-state index in [1.54, 1.807) is 61.3 Å². The van der Waals surface area contributed by atoms with Crippen LogP contribution < -0.4 is 5.32 Å². The fourth-order valence-electron chi connectivity index (χ4n) is 4.82. The minimum Gasteiger partial charge on any atom is -0.463 e. The lowest BCUT2D eigenvalue weighted by Gasteiger charge is -2.42. The lowest BCUT2D eigenvalue weighted by atomic mass is 9.93. The third-order valence-corrected chi connectivity index (χ3v) is 7.07. The molecule has 3 amide bonds. The summed E-state index contributed by atoms with van der Waals surface area (Å²) in [6.45, 7) is 5.49. The summed E-state index contributed by atoms with van der Waals surface area (Å²) < 4.78 is 20.1. The van der Waals surface area contributed by atoms with Gasteiger partial charge >= 0.3 is 12.0 Å². The Hall–Kier alpha value is -3.43. The highest BCUT2D eigenvalue weighted by Gasteiger charge is 2.39. The van der Waals surface area contributed by atoms with Crippen LogP contribution in [0.25, 0.3) is 0 Å². The highest BCUT2D eigenvalue weighted by atomic mass is 35.5. The minimum absolute atomic E-state index is 0.136. The summed E-state index contributed by atoms with van der Waals surface area (Å²) in [5, 5.41) is 3.14. The van der Waals surface area contributed by atoms with E-state index < -0.39 is 23.9 Å². The van der Waals surface area contributed by atoms with Crippen LogP contribution >= 0.6 is 11.6 Å². The van der Waals surface area contributed by atoms with Crippen molar-refractivity contribution in [3.05, 3.63) is 81.8 Å². The van der Waals surface area contributed by atoms with E-state index in [1.807, 2.05) is 6.92 Å². The average Bonchev–Trinajstić information content (AvgIpc) is 2.87. The first-order valence-corrected chi connectivity index (χ1v) is 12.6. The Morgan fingerprint density at radius 3 is 2.51 bits per heavy atom. The number of carbonyl (C=O) groups is 3. The lowest BCUT2D eigenvalue weighted by Crippen LogP contribution is -2.56. The van der Waals surface area contributed by atoms with Crippen LogP contribution in [0.3, 0.4) is 0 Å². The standard InChI is InChI=1S/C27H30ClFN4O4/c1-4-37-26(35)23-22(31(3)27(36)30-24(23)19-10-6-8-12-21(19)29)16-32-13-14-33(17(2)15-32)25(34)18-9-5-7-11-20(18)28/h5-12,17,24H,4,13-16H2,1-3H3,(H,30,36)/t17-,24+/m1/s1. The molecule has 0 bridgehead atoms. The normalized spacial score (nSPS) is 20.6. The van der Waals surface area contributed by atoms with Crippen LogP contribution in [0.1, 0.15) is 35.8 Å². The molecule has 0 saturated carbocycles. The van der Waals surface area contributed by atoms with Crippen LogP contribution in [0.15, 0.2) is 59.8 Å². The van der Waals surface area contributed by atoms with Crippen LogP contribution in [0.2, 0.25) is 5.02 Å². The van der Waals surface area contributed by atoms with Crippen molar-refractivity contribution in [2.24, 2.45) is 0 Å². The second kappa shape index (κ2) is 11.3. The number of likely N-dealkylation sites (N-methyl/N-ethyl adjacent to an activating group) is 1. The number of amides is 3. The lowest BCUT2D eigenvalue weighted by molar-refractivity contribution is -0.139. The Labute approximate surface area is 220 Å². The molecule has 0 spiro atoms.